The van der Waals surface area contributed by atoms with Gasteiger partial charge in [-0.1, -0.05) is 46.2 Å². The molecule has 0 aliphatic rings. The first-order chi connectivity index (χ1) is 12.0. The zero-order valence-electron chi connectivity index (χ0n) is 16.1. The Morgan fingerprint density at radius 3 is 2.00 bits per heavy atom. The minimum Gasteiger partial charge on any atom is -0.478 e. The van der Waals surface area contributed by atoms with Crippen LogP contribution in [0.2, 0.25) is 0 Å². The van der Waals surface area contributed by atoms with Gasteiger partial charge in [0.25, 0.3) is 0 Å². The van der Waals surface area contributed by atoms with Gasteiger partial charge in [0.15, 0.2) is 0 Å². The molecule has 0 aliphatic heterocycles. The average Bonchev–Trinajstić information content (AvgIpc) is 2.57. The van der Waals surface area contributed by atoms with E-state index >= 15 is 0 Å². The molecule has 0 amide bonds. The van der Waals surface area contributed by atoms with Gasteiger partial charge in [0.2, 0.25) is 0 Å². The van der Waals surface area contributed by atoms with E-state index in [0.717, 1.165) is 6.42 Å². The second-order valence-electron chi connectivity index (χ2n) is 7.45. The third-order valence-electron chi connectivity index (χ3n) is 4.78. The lowest BCUT2D eigenvalue weighted by Crippen LogP contribution is -2.42. The van der Waals surface area contributed by atoms with E-state index in [0.29, 0.717) is 6.42 Å². The molecule has 1 atom stereocenters. The van der Waals surface area contributed by atoms with E-state index in [1.54, 1.807) is 6.07 Å². The van der Waals surface area contributed by atoms with E-state index in [-0.39, 0.29) is 35.7 Å². The number of carboxylic acid groups (broad SMARTS) is 1. The molecule has 1 aromatic rings. The maximum atomic E-state index is 12.5. The SMILES string of the molecule is CCCC(C)(C(=O)OCCOC(=O)c1ccccc1C(=O)O)C(C)(C)C. The highest BCUT2D eigenvalue weighted by Gasteiger charge is 2.44. The summed E-state index contributed by atoms with van der Waals surface area (Å²) in [7, 11) is 0. The van der Waals surface area contributed by atoms with Crippen molar-refractivity contribution in [2.24, 2.45) is 10.8 Å². The Morgan fingerprint density at radius 2 is 1.50 bits per heavy atom. The summed E-state index contributed by atoms with van der Waals surface area (Å²) in [6.45, 7) is 9.67. The van der Waals surface area contributed by atoms with Crippen molar-refractivity contribution in [1.29, 1.82) is 0 Å². The summed E-state index contributed by atoms with van der Waals surface area (Å²) in [6, 6.07) is 5.81. The minimum atomic E-state index is -1.20. The van der Waals surface area contributed by atoms with Crippen LogP contribution in [0.3, 0.4) is 0 Å². The molecule has 1 aromatic carbocycles. The van der Waals surface area contributed by atoms with Gasteiger partial charge in [-0.05, 0) is 30.9 Å². The van der Waals surface area contributed by atoms with Crippen LogP contribution in [-0.4, -0.2) is 36.2 Å². The number of benzene rings is 1. The largest absolute Gasteiger partial charge is 0.478 e. The van der Waals surface area contributed by atoms with Crippen molar-refractivity contribution in [2.45, 2.75) is 47.5 Å². The summed E-state index contributed by atoms with van der Waals surface area (Å²) in [5.41, 5.74) is -1.06. The molecular formula is C20H28O6. The Balaban J connectivity index is 2.63. The second-order valence-corrected chi connectivity index (χ2v) is 7.45. The standard InChI is InChI=1S/C20H28O6/c1-6-11-20(5,19(2,3)4)18(24)26-13-12-25-17(23)15-10-8-7-9-14(15)16(21)22/h7-10H,6,11-13H2,1-5H3,(H,21,22). The monoisotopic (exact) mass is 364 g/mol. The van der Waals surface area contributed by atoms with Crippen LogP contribution in [0.1, 0.15) is 68.2 Å². The first kappa shape index (κ1) is 21.7. The van der Waals surface area contributed by atoms with Gasteiger partial charge in [-0.3, -0.25) is 4.79 Å². The van der Waals surface area contributed by atoms with Gasteiger partial charge in [-0.25, -0.2) is 9.59 Å². The number of hydrogen-bond acceptors (Lipinski definition) is 5. The van der Waals surface area contributed by atoms with E-state index in [1.807, 2.05) is 34.6 Å². The van der Waals surface area contributed by atoms with Gasteiger partial charge >= 0.3 is 17.9 Å². The van der Waals surface area contributed by atoms with Crippen LogP contribution < -0.4 is 0 Å². The Bertz CT molecular complexity index is 659. The Morgan fingerprint density at radius 1 is 0.962 bits per heavy atom. The molecule has 0 fully saturated rings. The number of carboxylic acids is 1. The molecule has 144 valence electrons. The van der Waals surface area contributed by atoms with Crippen molar-refractivity contribution < 1.29 is 29.0 Å². The number of hydrogen-bond donors (Lipinski definition) is 1. The molecule has 0 saturated carbocycles. The highest BCUT2D eigenvalue weighted by atomic mass is 16.6. The quantitative estimate of drug-likeness (QED) is 0.555. The molecule has 0 aromatic heterocycles. The van der Waals surface area contributed by atoms with Crippen molar-refractivity contribution >= 4 is 17.9 Å². The van der Waals surface area contributed by atoms with E-state index in [4.69, 9.17) is 14.6 Å². The van der Waals surface area contributed by atoms with Crippen LogP contribution in [0.25, 0.3) is 0 Å². The molecule has 1 N–H and O–H groups in total. The van der Waals surface area contributed by atoms with Crippen LogP contribution in [0, 0.1) is 10.8 Å². The molecule has 1 unspecified atom stereocenters. The van der Waals surface area contributed by atoms with Crippen LogP contribution in [0.4, 0.5) is 0 Å². The first-order valence-electron chi connectivity index (χ1n) is 8.71. The van der Waals surface area contributed by atoms with Crippen LogP contribution in [0.5, 0.6) is 0 Å². The molecule has 6 nitrogen and oxygen atoms in total. The molecule has 0 saturated heterocycles. The fourth-order valence-corrected chi connectivity index (χ4v) is 2.64. The minimum absolute atomic E-state index is 0.0307. The molecule has 0 bridgehead atoms. The smallest absolute Gasteiger partial charge is 0.339 e. The summed E-state index contributed by atoms with van der Waals surface area (Å²) >= 11 is 0. The van der Waals surface area contributed by atoms with Gasteiger partial charge < -0.3 is 14.6 Å². The molecule has 0 aliphatic carbocycles. The van der Waals surface area contributed by atoms with Crippen molar-refractivity contribution in [2.75, 3.05) is 13.2 Å². The number of carbonyl (C=O) groups excluding carboxylic acids is 2. The zero-order valence-corrected chi connectivity index (χ0v) is 16.1. The van der Waals surface area contributed by atoms with E-state index in [1.165, 1.54) is 18.2 Å². The number of carbonyl (C=O) groups is 3. The topological polar surface area (TPSA) is 89.9 Å². The summed E-state index contributed by atoms with van der Waals surface area (Å²) in [4.78, 5) is 35.7. The summed E-state index contributed by atoms with van der Waals surface area (Å²) in [5.74, 6) is -2.29. The predicted octanol–water partition coefficient (Wildman–Crippen LogP) is 3.94. The van der Waals surface area contributed by atoms with Crippen LogP contribution >= 0.6 is 0 Å². The highest BCUT2D eigenvalue weighted by molar-refractivity contribution is 6.02. The Hall–Kier alpha value is -2.37. The maximum Gasteiger partial charge on any atom is 0.339 e. The number of rotatable bonds is 8. The van der Waals surface area contributed by atoms with Crippen molar-refractivity contribution in [1.82, 2.24) is 0 Å². The molecule has 1 rings (SSSR count). The number of esters is 2. The molecule has 0 heterocycles. The van der Waals surface area contributed by atoms with Crippen molar-refractivity contribution in [3.8, 4) is 0 Å². The Labute approximate surface area is 154 Å². The number of ether oxygens (including phenoxy) is 2. The average molecular weight is 364 g/mol. The first-order valence-corrected chi connectivity index (χ1v) is 8.71. The lowest BCUT2D eigenvalue weighted by Gasteiger charge is -2.39. The normalized spacial score (nSPS) is 13.6. The maximum absolute atomic E-state index is 12.5. The van der Waals surface area contributed by atoms with Crippen LogP contribution in [-0.2, 0) is 14.3 Å². The second kappa shape index (κ2) is 8.83. The predicted molar refractivity (Wildman–Crippen MR) is 97.1 cm³/mol. The fourth-order valence-electron chi connectivity index (χ4n) is 2.64. The van der Waals surface area contributed by atoms with E-state index in [9.17, 15) is 14.4 Å². The Kier molecular flexibility index (Phi) is 7.36. The van der Waals surface area contributed by atoms with Gasteiger partial charge in [-0.15, -0.1) is 0 Å². The fraction of sp³-hybridized carbons (Fsp3) is 0.550. The molecule has 0 radical (unpaired) electrons. The molecule has 0 spiro atoms. The van der Waals surface area contributed by atoms with Gasteiger partial charge in [0, 0.05) is 0 Å². The summed E-state index contributed by atoms with van der Waals surface area (Å²) in [5, 5.41) is 9.10. The van der Waals surface area contributed by atoms with Crippen molar-refractivity contribution in [3.05, 3.63) is 35.4 Å². The molecule has 6 heteroatoms. The highest BCUT2D eigenvalue weighted by Crippen LogP contribution is 2.43. The van der Waals surface area contributed by atoms with Gasteiger partial charge in [-0.2, -0.15) is 0 Å². The van der Waals surface area contributed by atoms with Gasteiger partial charge in [0.1, 0.15) is 13.2 Å². The third kappa shape index (κ3) is 5.07. The third-order valence-corrected chi connectivity index (χ3v) is 4.78. The number of aromatic carboxylic acids is 1. The van der Waals surface area contributed by atoms with Gasteiger partial charge in [0.05, 0.1) is 16.5 Å². The van der Waals surface area contributed by atoms with E-state index < -0.39 is 17.4 Å². The molecular weight excluding hydrogens is 336 g/mol. The lowest BCUT2D eigenvalue weighted by molar-refractivity contribution is -0.163. The van der Waals surface area contributed by atoms with Crippen molar-refractivity contribution in [3.63, 3.8) is 0 Å². The molecule has 26 heavy (non-hydrogen) atoms. The van der Waals surface area contributed by atoms with Crippen LogP contribution in [0.15, 0.2) is 24.3 Å². The lowest BCUT2D eigenvalue weighted by atomic mass is 9.65. The van der Waals surface area contributed by atoms with E-state index in [2.05, 4.69) is 0 Å². The summed E-state index contributed by atoms with van der Waals surface area (Å²) in [6.07, 6.45) is 1.55. The summed E-state index contributed by atoms with van der Waals surface area (Å²) < 4.78 is 10.4. The zero-order chi connectivity index (χ0) is 20.0.